The Bertz CT molecular complexity index is 1030. The molecule has 0 aromatic heterocycles. The van der Waals surface area contributed by atoms with Crippen molar-refractivity contribution in [1.29, 1.82) is 0 Å². The van der Waals surface area contributed by atoms with Gasteiger partial charge in [-0.25, -0.2) is 0 Å². The van der Waals surface area contributed by atoms with Crippen molar-refractivity contribution in [1.82, 2.24) is 0 Å². The van der Waals surface area contributed by atoms with Gasteiger partial charge in [-0.3, -0.25) is 9.59 Å². The Labute approximate surface area is 150 Å². The zero-order valence-corrected chi connectivity index (χ0v) is 14.8. The van der Waals surface area contributed by atoms with Gasteiger partial charge in [0.15, 0.2) is 0 Å². The average molecular weight is 352 g/mol. The number of hydrogen-bond acceptors (Lipinski definition) is 6. The minimum atomic E-state index is -0.584. The van der Waals surface area contributed by atoms with E-state index in [1.807, 2.05) is 13.0 Å². The van der Waals surface area contributed by atoms with Crippen LogP contribution < -0.4 is 21.5 Å². The predicted molar refractivity (Wildman–Crippen MR) is 102 cm³/mol. The van der Waals surface area contributed by atoms with Gasteiger partial charge in [-0.15, -0.1) is 0 Å². The molecule has 3 rings (SSSR count). The molecule has 6 heteroatoms. The van der Waals surface area contributed by atoms with E-state index in [0.29, 0.717) is 16.8 Å². The van der Waals surface area contributed by atoms with Gasteiger partial charge in [0.1, 0.15) is 22.9 Å². The van der Waals surface area contributed by atoms with Gasteiger partial charge in [-0.05, 0) is 61.7 Å². The van der Waals surface area contributed by atoms with Crippen molar-refractivity contribution < 1.29 is 10.2 Å². The molecule has 0 heterocycles. The minimum absolute atomic E-state index is 0.134. The number of anilines is 3. The van der Waals surface area contributed by atoms with Gasteiger partial charge in [-0.1, -0.05) is 12.1 Å². The number of nitrogens with one attached hydrogen (secondary N) is 2. The number of aryl methyl sites for hydroxylation is 2. The molecule has 3 aromatic rings. The first-order valence-electron chi connectivity index (χ1n) is 8.24. The molecule has 134 valence electrons. The lowest BCUT2D eigenvalue weighted by atomic mass is 10.1. The van der Waals surface area contributed by atoms with E-state index in [1.54, 1.807) is 44.2 Å². The molecule has 0 saturated carbocycles. The number of phenolic OH excluding ortho intramolecular Hbond substituents is 2. The van der Waals surface area contributed by atoms with Crippen LogP contribution >= 0.6 is 0 Å². The van der Waals surface area contributed by atoms with Crippen molar-refractivity contribution in [3.63, 3.8) is 0 Å². The standard InChI is InChI=1S/C20H20N2O4/c1-10-7-14(8-11(2)18(10)24)22-17-16(19(25)20(17)26)21-12(3)13-5-4-6-15(23)9-13/h4-9,12,21-24H,1-3H3/t12-/m1/s1. The first-order chi connectivity index (χ1) is 12.3. The molecule has 0 unspecified atom stereocenters. The molecule has 0 fully saturated rings. The molecule has 26 heavy (non-hydrogen) atoms. The minimum Gasteiger partial charge on any atom is -0.508 e. The Morgan fingerprint density at radius 2 is 1.54 bits per heavy atom. The zero-order valence-electron chi connectivity index (χ0n) is 14.8. The molecule has 3 aromatic carbocycles. The van der Waals surface area contributed by atoms with Crippen LogP contribution in [-0.2, 0) is 0 Å². The number of hydrogen-bond donors (Lipinski definition) is 4. The maximum atomic E-state index is 12.0. The Morgan fingerprint density at radius 1 is 0.923 bits per heavy atom. The fourth-order valence-electron chi connectivity index (χ4n) is 2.91. The van der Waals surface area contributed by atoms with E-state index in [-0.39, 0.29) is 28.9 Å². The van der Waals surface area contributed by atoms with Crippen LogP contribution in [0.5, 0.6) is 11.5 Å². The molecular formula is C20H20N2O4. The second kappa shape index (κ2) is 6.55. The van der Waals surface area contributed by atoms with Crippen LogP contribution in [0, 0.1) is 13.8 Å². The number of aromatic hydroxyl groups is 2. The van der Waals surface area contributed by atoms with Crippen molar-refractivity contribution in [2.24, 2.45) is 0 Å². The van der Waals surface area contributed by atoms with E-state index >= 15 is 0 Å². The van der Waals surface area contributed by atoms with Gasteiger partial charge in [0.2, 0.25) is 0 Å². The number of benzene rings is 2. The van der Waals surface area contributed by atoms with E-state index in [1.165, 1.54) is 0 Å². The molecule has 1 atom stereocenters. The lowest BCUT2D eigenvalue weighted by Crippen LogP contribution is -2.37. The van der Waals surface area contributed by atoms with E-state index in [0.717, 1.165) is 5.56 Å². The van der Waals surface area contributed by atoms with Gasteiger partial charge in [-0.2, -0.15) is 0 Å². The van der Waals surface area contributed by atoms with Crippen LogP contribution in [0.3, 0.4) is 0 Å². The van der Waals surface area contributed by atoms with Crippen molar-refractivity contribution >= 4 is 17.1 Å². The van der Waals surface area contributed by atoms with Crippen LogP contribution in [0.25, 0.3) is 0 Å². The van der Waals surface area contributed by atoms with Gasteiger partial charge < -0.3 is 20.8 Å². The summed E-state index contributed by atoms with van der Waals surface area (Å²) >= 11 is 0. The third-order valence-corrected chi connectivity index (χ3v) is 4.40. The third-order valence-electron chi connectivity index (χ3n) is 4.40. The lowest BCUT2D eigenvalue weighted by Gasteiger charge is -2.20. The second-order valence-corrected chi connectivity index (χ2v) is 6.45. The van der Waals surface area contributed by atoms with Crippen LogP contribution in [0.1, 0.15) is 29.7 Å². The van der Waals surface area contributed by atoms with Gasteiger partial charge in [0.05, 0.1) is 0 Å². The quantitative estimate of drug-likeness (QED) is 0.416. The van der Waals surface area contributed by atoms with Crippen molar-refractivity contribution in [2.45, 2.75) is 26.8 Å². The molecule has 0 radical (unpaired) electrons. The summed E-state index contributed by atoms with van der Waals surface area (Å²) in [5.74, 6) is 0.339. The monoisotopic (exact) mass is 352 g/mol. The maximum absolute atomic E-state index is 12.0. The van der Waals surface area contributed by atoms with Crippen LogP contribution in [0.4, 0.5) is 17.1 Å². The van der Waals surface area contributed by atoms with Gasteiger partial charge >= 0.3 is 0 Å². The highest BCUT2D eigenvalue weighted by Gasteiger charge is 2.23. The topological polar surface area (TPSA) is 98.7 Å². The fourth-order valence-corrected chi connectivity index (χ4v) is 2.91. The zero-order chi connectivity index (χ0) is 19.0. The summed E-state index contributed by atoms with van der Waals surface area (Å²) in [4.78, 5) is 24.0. The Balaban J connectivity index is 1.86. The highest BCUT2D eigenvalue weighted by molar-refractivity contribution is 5.79. The van der Waals surface area contributed by atoms with E-state index in [2.05, 4.69) is 10.6 Å². The fraction of sp³-hybridized carbons (Fsp3) is 0.200. The van der Waals surface area contributed by atoms with E-state index in [9.17, 15) is 19.8 Å². The molecule has 0 aliphatic carbocycles. The molecule has 0 spiro atoms. The first-order valence-corrected chi connectivity index (χ1v) is 8.24. The number of rotatable bonds is 5. The maximum Gasteiger partial charge on any atom is 0.253 e. The SMILES string of the molecule is Cc1cc(Nc2c(N[C@H](C)c3cccc(O)c3)c(=O)c2=O)cc(C)c1O. The normalized spacial score (nSPS) is 12.1. The smallest absolute Gasteiger partial charge is 0.253 e. The Kier molecular flexibility index (Phi) is 4.42. The summed E-state index contributed by atoms with van der Waals surface area (Å²) in [5, 5.41) is 25.5. The second-order valence-electron chi connectivity index (χ2n) is 6.45. The molecule has 0 amide bonds. The summed E-state index contributed by atoms with van der Waals surface area (Å²) in [6.07, 6.45) is 0. The Morgan fingerprint density at radius 3 is 2.15 bits per heavy atom. The van der Waals surface area contributed by atoms with Crippen LogP contribution in [0.2, 0.25) is 0 Å². The first kappa shape index (κ1) is 17.5. The van der Waals surface area contributed by atoms with Crippen LogP contribution in [0.15, 0.2) is 46.0 Å². The average Bonchev–Trinajstić information content (AvgIpc) is 2.61. The molecular weight excluding hydrogens is 332 g/mol. The molecule has 6 nitrogen and oxygen atoms in total. The summed E-state index contributed by atoms with van der Waals surface area (Å²) in [7, 11) is 0. The van der Waals surface area contributed by atoms with Gasteiger partial charge in [0.25, 0.3) is 10.9 Å². The van der Waals surface area contributed by atoms with E-state index in [4.69, 9.17) is 0 Å². The van der Waals surface area contributed by atoms with Crippen molar-refractivity contribution in [3.8, 4) is 11.5 Å². The highest BCUT2D eigenvalue weighted by Crippen LogP contribution is 2.30. The molecule has 0 aliphatic heterocycles. The van der Waals surface area contributed by atoms with Crippen molar-refractivity contribution in [2.75, 3.05) is 10.6 Å². The largest absolute Gasteiger partial charge is 0.508 e. The lowest BCUT2D eigenvalue weighted by molar-refractivity contribution is 0.467. The summed E-state index contributed by atoms with van der Waals surface area (Å²) < 4.78 is 0. The number of phenols is 2. The van der Waals surface area contributed by atoms with E-state index < -0.39 is 10.9 Å². The summed E-state index contributed by atoms with van der Waals surface area (Å²) in [5.41, 5.74) is 2.02. The third kappa shape index (κ3) is 3.13. The molecule has 4 N–H and O–H groups in total. The molecule has 0 aliphatic rings. The Hall–Kier alpha value is -3.28. The van der Waals surface area contributed by atoms with Crippen molar-refractivity contribution in [3.05, 3.63) is 73.5 Å². The molecule has 0 saturated heterocycles. The van der Waals surface area contributed by atoms with Crippen LogP contribution in [-0.4, -0.2) is 10.2 Å². The summed E-state index contributed by atoms with van der Waals surface area (Å²) in [6.45, 7) is 5.36. The predicted octanol–water partition coefficient (Wildman–Crippen LogP) is 3.23. The molecule has 0 bridgehead atoms. The van der Waals surface area contributed by atoms with Gasteiger partial charge in [0, 0.05) is 11.7 Å². The summed E-state index contributed by atoms with van der Waals surface area (Å²) in [6, 6.07) is 9.85. The highest BCUT2D eigenvalue weighted by atomic mass is 16.3.